The number of nitrogens with one attached hydrogen (secondary N) is 1. The van der Waals surface area contributed by atoms with Crippen molar-refractivity contribution in [1.82, 2.24) is 5.32 Å². The van der Waals surface area contributed by atoms with E-state index < -0.39 is 0 Å². The Hall–Kier alpha value is -1.71. The number of hydrogen-bond acceptors (Lipinski definition) is 2. The molecule has 1 aliphatic heterocycles. The maximum Gasteiger partial charge on any atom is 0.322 e. The molecule has 15 heavy (non-hydrogen) atoms. The molecule has 3 N–H and O–H groups in total. The third-order valence-electron chi connectivity index (χ3n) is 2.80. The van der Waals surface area contributed by atoms with E-state index in [1.165, 1.54) is 0 Å². The average Bonchev–Trinajstić information content (AvgIpc) is 2.60. The van der Waals surface area contributed by atoms with Crippen molar-refractivity contribution in [3.8, 4) is 0 Å². The van der Waals surface area contributed by atoms with E-state index in [9.17, 15) is 4.79 Å². The second-order valence-corrected chi connectivity index (χ2v) is 3.83. The van der Waals surface area contributed by atoms with Crippen LogP contribution in [0.1, 0.15) is 11.1 Å². The zero-order chi connectivity index (χ0) is 11.0. The number of anilines is 2. The molecule has 0 saturated carbocycles. The third-order valence-corrected chi connectivity index (χ3v) is 2.80. The smallest absolute Gasteiger partial charge is 0.322 e. The van der Waals surface area contributed by atoms with Gasteiger partial charge in [-0.3, -0.25) is 4.90 Å². The molecular formula is C11H15N3O. The molecule has 4 nitrogen and oxygen atoms in total. The van der Waals surface area contributed by atoms with Gasteiger partial charge in [0.25, 0.3) is 0 Å². The first-order valence-electron chi connectivity index (χ1n) is 5.02. The highest BCUT2D eigenvalue weighted by Crippen LogP contribution is 2.29. The van der Waals surface area contributed by atoms with Crippen LogP contribution in [0.4, 0.5) is 16.2 Å². The Morgan fingerprint density at radius 1 is 1.40 bits per heavy atom. The lowest BCUT2D eigenvalue weighted by atomic mass is 10.1. The van der Waals surface area contributed by atoms with Crippen LogP contribution in [0.2, 0.25) is 0 Å². The molecule has 0 atom stereocenters. The fraction of sp³-hybridized carbons (Fsp3) is 0.364. The molecule has 1 aliphatic rings. The predicted octanol–water partition coefficient (Wildman–Crippen LogP) is 1.42. The minimum absolute atomic E-state index is 0.0354. The molecule has 1 saturated heterocycles. The van der Waals surface area contributed by atoms with E-state index in [4.69, 9.17) is 5.73 Å². The van der Waals surface area contributed by atoms with Gasteiger partial charge in [0.1, 0.15) is 0 Å². The fourth-order valence-corrected chi connectivity index (χ4v) is 1.95. The summed E-state index contributed by atoms with van der Waals surface area (Å²) in [6.07, 6.45) is 0. The summed E-state index contributed by atoms with van der Waals surface area (Å²) in [5, 5.41) is 2.79. The molecule has 0 bridgehead atoms. The Morgan fingerprint density at radius 2 is 2.13 bits per heavy atom. The first-order chi connectivity index (χ1) is 7.11. The number of amides is 2. The number of carbonyl (C=O) groups is 1. The zero-order valence-electron chi connectivity index (χ0n) is 9.00. The van der Waals surface area contributed by atoms with E-state index in [1.54, 1.807) is 4.90 Å². The molecule has 1 aromatic rings. The SMILES string of the molecule is Cc1ccc(N)c(C)c1N1CCNC1=O. The topological polar surface area (TPSA) is 58.4 Å². The second-order valence-electron chi connectivity index (χ2n) is 3.83. The van der Waals surface area contributed by atoms with Gasteiger partial charge in [0, 0.05) is 18.8 Å². The van der Waals surface area contributed by atoms with Crippen LogP contribution in [0, 0.1) is 13.8 Å². The molecule has 1 heterocycles. The summed E-state index contributed by atoms with van der Waals surface area (Å²) >= 11 is 0. The Balaban J connectivity index is 2.51. The number of nitrogen functional groups attached to an aromatic ring is 1. The number of urea groups is 1. The summed E-state index contributed by atoms with van der Waals surface area (Å²) in [5.74, 6) is 0. The summed E-state index contributed by atoms with van der Waals surface area (Å²) < 4.78 is 0. The molecule has 80 valence electrons. The standard InChI is InChI=1S/C11H15N3O/c1-7-3-4-9(12)8(2)10(7)14-6-5-13-11(14)15/h3-4H,5-6,12H2,1-2H3,(H,13,15). The third kappa shape index (κ3) is 1.52. The van der Waals surface area contributed by atoms with Gasteiger partial charge in [-0.05, 0) is 31.0 Å². The van der Waals surface area contributed by atoms with Crippen molar-refractivity contribution in [2.75, 3.05) is 23.7 Å². The fourth-order valence-electron chi connectivity index (χ4n) is 1.95. The van der Waals surface area contributed by atoms with E-state index >= 15 is 0 Å². The van der Waals surface area contributed by atoms with Gasteiger partial charge in [0.2, 0.25) is 0 Å². The normalized spacial score (nSPS) is 15.6. The van der Waals surface area contributed by atoms with Crippen LogP contribution < -0.4 is 16.0 Å². The number of carbonyl (C=O) groups excluding carboxylic acids is 1. The minimum Gasteiger partial charge on any atom is -0.398 e. The maximum absolute atomic E-state index is 11.6. The van der Waals surface area contributed by atoms with Crippen molar-refractivity contribution < 1.29 is 4.79 Å². The van der Waals surface area contributed by atoms with Gasteiger partial charge in [-0.25, -0.2) is 4.79 Å². The largest absolute Gasteiger partial charge is 0.398 e. The number of nitrogens with zero attached hydrogens (tertiary/aromatic N) is 1. The van der Waals surface area contributed by atoms with Crippen molar-refractivity contribution in [2.24, 2.45) is 0 Å². The molecular weight excluding hydrogens is 190 g/mol. The van der Waals surface area contributed by atoms with Crippen LogP contribution >= 0.6 is 0 Å². The first-order valence-corrected chi connectivity index (χ1v) is 5.02. The summed E-state index contributed by atoms with van der Waals surface area (Å²) in [5.41, 5.74) is 9.59. The molecule has 0 unspecified atom stereocenters. The van der Waals surface area contributed by atoms with Crippen LogP contribution in [-0.4, -0.2) is 19.1 Å². The summed E-state index contributed by atoms with van der Waals surface area (Å²) in [6.45, 7) is 5.35. The highest BCUT2D eigenvalue weighted by atomic mass is 16.2. The van der Waals surface area contributed by atoms with Crippen molar-refractivity contribution in [3.05, 3.63) is 23.3 Å². The monoisotopic (exact) mass is 205 g/mol. The van der Waals surface area contributed by atoms with Gasteiger partial charge in [-0.15, -0.1) is 0 Å². The van der Waals surface area contributed by atoms with Crippen LogP contribution in [0.15, 0.2) is 12.1 Å². The summed E-state index contributed by atoms with van der Waals surface area (Å²) in [4.78, 5) is 13.3. The van der Waals surface area contributed by atoms with Crippen molar-refractivity contribution >= 4 is 17.4 Å². The lowest BCUT2D eigenvalue weighted by Gasteiger charge is -2.20. The molecule has 0 spiro atoms. The Bertz CT molecular complexity index is 415. The van der Waals surface area contributed by atoms with E-state index in [-0.39, 0.29) is 6.03 Å². The van der Waals surface area contributed by atoms with Gasteiger partial charge < -0.3 is 11.1 Å². The molecule has 1 aromatic carbocycles. The average molecular weight is 205 g/mol. The number of rotatable bonds is 1. The van der Waals surface area contributed by atoms with Crippen LogP contribution in [0.25, 0.3) is 0 Å². The lowest BCUT2D eigenvalue weighted by Crippen LogP contribution is -2.29. The zero-order valence-corrected chi connectivity index (χ0v) is 9.00. The van der Waals surface area contributed by atoms with Crippen LogP contribution in [-0.2, 0) is 0 Å². The van der Waals surface area contributed by atoms with Crippen molar-refractivity contribution in [1.29, 1.82) is 0 Å². The summed E-state index contributed by atoms with van der Waals surface area (Å²) in [7, 11) is 0. The van der Waals surface area contributed by atoms with Gasteiger partial charge in [0.15, 0.2) is 0 Å². The maximum atomic E-state index is 11.6. The van der Waals surface area contributed by atoms with Gasteiger partial charge in [-0.1, -0.05) is 6.07 Å². The van der Waals surface area contributed by atoms with E-state index in [0.717, 1.165) is 22.5 Å². The molecule has 1 fully saturated rings. The molecule has 2 rings (SSSR count). The minimum atomic E-state index is -0.0354. The lowest BCUT2D eigenvalue weighted by molar-refractivity contribution is 0.252. The highest BCUT2D eigenvalue weighted by Gasteiger charge is 2.24. The molecule has 0 radical (unpaired) electrons. The van der Waals surface area contributed by atoms with Crippen LogP contribution in [0.3, 0.4) is 0 Å². The van der Waals surface area contributed by atoms with E-state index in [1.807, 2.05) is 26.0 Å². The number of hydrogen-bond donors (Lipinski definition) is 2. The summed E-state index contributed by atoms with van der Waals surface area (Å²) in [6, 6.07) is 3.79. The highest BCUT2D eigenvalue weighted by molar-refractivity contribution is 5.96. The first kappa shape index (κ1) is 9.83. The second kappa shape index (κ2) is 3.46. The number of benzene rings is 1. The number of aryl methyl sites for hydroxylation is 1. The van der Waals surface area contributed by atoms with E-state index in [2.05, 4.69) is 5.32 Å². The Kier molecular flexibility index (Phi) is 2.26. The van der Waals surface area contributed by atoms with Gasteiger partial charge in [0.05, 0.1) is 5.69 Å². The molecule has 4 heteroatoms. The van der Waals surface area contributed by atoms with E-state index in [0.29, 0.717) is 13.1 Å². The molecule has 2 amide bonds. The van der Waals surface area contributed by atoms with Crippen molar-refractivity contribution in [3.63, 3.8) is 0 Å². The molecule has 0 aliphatic carbocycles. The number of nitrogens with two attached hydrogens (primary N) is 1. The Labute approximate surface area is 89.1 Å². The Morgan fingerprint density at radius 3 is 2.73 bits per heavy atom. The van der Waals surface area contributed by atoms with Gasteiger partial charge in [-0.2, -0.15) is 0 Å². The van der Waals surface area contributed by atoms with Crippen LogP contribution in [0.5, 0.6) is 0 Å². The van der Waals surface area contributed by atoms with Crippen molar-refractivity contribution in [2.45, 2.75) is 13.8 Å². The van der Waals surface area contributed by atoms with Gasteiger partial charge >= 0.3 is 6.03 Å². The predicted molar refractivity (Wildman–Crippen MR) is 61.1 cm³/mol. The quantitative estimate of drug-likeness (QED) is 0.681. The molecule has 0 aromatic heterocycles.